The Hall–Kier alpha value is -1.61. The number of aromatic nitrogens is 1. The molecule has 3 fully saturated rings. The van der Waals surface area contributed by atoms with Crippen molar-refractivity contribution < 1.29 is 9.53 Å². The van der Waals surface area contributed by atoms with E-state index in [1.165, 1.54) is 0 Å². The highest BCUT2D eigenvalue weighted by molar-refractivity contribution is 9.10. The van der Waals surface area contributed by atoms with E-state index in [4.69, 9.17) is 10.00 Å². The summed E-state index contributed by atoms with van der Waals surface area (Å²) in [6.45, 7) is 3.00. The first-order valence-electron chi connectivity index (χ1n) is 6.61. The summed E-state index contributed by atoms with van der Waals surface area (Å²) >= 11 is 3.30. The third kappa shape index (κ3) is 1.80. The number of ether oxygens (including phenoxy) is 1. The van der Waals surface area contributed by atoms with Crippen LogP contribution in [0.4, 0.5) is 5.82 Å². The lowest BCUT2D eigenvalue weighted by Crippen LogP contribution is -2.54. The molecule has 0 atom stereocenters. The van der Waals surface area contributed by atoms with Gasteiger partial charge in [-0.15, -0.1) is 0 Å². The third-order valence-corrected chi connectivity index (χ3v) is 4.74. The summed E-state index contributed by atoms with van der Waals surface area (Å²) in [4.78, 5) is 18.6. The molecule has 2 bridgehead atoms. The zero-order valence-corrected chi connectivity index (χ0v) is 12.7. The van der Waals surface area contributed by atoms with E-state index in [-0.39, 0.29) is 5.97 Å². The molecule has 1 aromatic rings. The minimum Gasteiger partial charge on any atom is -0.464 e. The van der Waals surface area contributed by atoms with Gasteiger partial charge in [0.05, 0.1) is 16.6 Å². The minimum absolute atomic E-state index is 0.169. The molecule has 0 N–H and O–H groups in total. The average molecular weight is 336 g/mol. The summed E-state index contributed by atoms with van der Waals surface area (Å²) in [6.07, 6.45) is 3.26. The molecule has 1 saturated carbocycles. The fourth-order valence-corrected chi connectivity index (χ4v) is 3.50. The number of nitrogens with zero attached hydrogens (tertiary/aromatic N) is 3. The third-order valence-electron chi connectivity index (χ3n) is 4.10. The van der Waals surface area contributed by atoms with Crippen LogP contribution in [0.15, 0.2) is 16.7 Å². The molecule has 6 heteroatoms. The van der Waals surface area contributed by atoms with Gasteiger partial charge in [0.25, 0.3) is 0 Å². The van der Waals surface area contributed by atoms with Crippen molar-refractivity contribution in [3.63, 3.8) is 0 Å². The molecule has 0 amide bonds. The van der Waals surface area contributed by atoms with Crippen molar-refractivity contribution in [2.24, 2.45) is 5.92 Å². The van der Waals surface area contributed by atoms with E-state index < -0.39 is 5.54 Å². The van der Waals surface area contributed by atoms with Gasteiger partial charge in [0.1, 0.15) is 17.4 Å². The van der Waals surface area contributed by atoms with Crippen LogP contribution in [-0.2, 0) is 9.53 Å². The molecule has 2 saturated heterocycles. The lowest BCUT2D eigenvalue weighted by Gasteiger charge is -2.39. The molecule has 0 aromatic carbocycles. The van der Waals surface area contributed by atoms with Crippen LogP contribution in [-0.4, -0.2) is 29.6 Å². The molecular weight excluding hydrogens is 322 g/mol. The number of carbonyl (C=O) groups excluding carboxylic acids is 1. The van der Waals surface area contributed by atoms with Crippen molar-refractivity contribution in [3.8, 4) is 6.07 Å². The summed E-state index contributed by atoms with van der Waals surface area (Å²) in [5.74, 6) is 1.03. The lowest BCUT2D eigenvalue weighted by molar-refractivity contribution is -0.152. The highest BCUT2D eigenvalue weighted by atomic mass is 79.9. The van der Waals surface area contributed by atoms with Gasteiger partial charge < -0.3 is 9.64 Å². The van der Waals surface area contributed by atoms with Gasteiger partial charge in [-0.25, -0.2) is 9.78 Å². The molecule has 5 nitrogen and oxygen atoms in total. The maximum absolute atomic E-state index is 12.2. The number of nitriles is 1. The van der Waals surface area contributed by atoms with Crippen molar-refractivity contribution in [2.45, 2.75) is 25.3 Å². The van der Waals surface area contributed by atoms with Crippen LogP contribution < -0.4 is 4.90 Å². The predicted octanol–water partition coefficient (Wildman–Crippen LogP) is 2.25. The van der Waals surface area contributed by atoms with Crippen LogP contribution in [0.5, 0.6) is 0 Å². The van der Waals surface area contributed by atoms with Crippen LogP contribution in [0.1, 0.15) is 25.3 Å². The molecule has 0 radical (unpaired) electrons. The molecule has 0 spiro atoms. The van der Waals surface area contributed by atoms with E-state index >= 15 is 0 Å². The SMILES string of the molecule is CCOC(=O)C12CC(CN1c1cc(C#N)c(Br)cn1)C2. The fourth-order valence-electron chi connectivity index (χ4n) is 3.19. The summed E-state index contributed by atoms with van der Waals surface area (Å²) < 4.78 is 5.88. The Morgan fingerprint density at radius 2 is 2.45 bits per heavy atom. The van der Waals surface area contributed by atoms with Crippen LogP contribution in [0, 0.1) is 17.2 Å². The second kappa shape index (κ2) is 4.74. The number of anilines is 1. The van der Waals surface area contributed by atoms with Gasteiger partial charge in [-0.3, -0.25) is 0 Å². The van der Waals surface area contributed by atoms with Gasteiger partial charge >= 0.3 is 5.97 Å². The first kappa shape index (κ1) is 13.4. The van der Waals surface area contributed by atoms with Crippen molar-refractivity contribution in [2.75, 3.05) is 18.1 Å². The van der Waals surface area contributed by atoms with Crippen LogP contribution >= 0.6 is 15.9 Å². The van der Waals surface area contributed by atoms with Gasteiger partial charge in [0.15, 0.2) is 0 Å². The largest absolute Gasteiger partial charge is 0.464 e. The number of halogens is 1. The lowest BCUT2D eigenvalue weighted by atomic mass is 9.73. The molecule has 1 aliphatic carbocycles. The number of hydrogen-bond acceptors (Lipinski definition) is 5. The van der Waals surface area contributed by atoms with Gasteiger partial charge in [0.2, 0.25) is 0 Å². The first-order valence-corrected chi connectivity index (χ1v) is 7.40. The van der Waals surface area contributed by atoms with E-state index in [0.717, 1.165) is 19.4 Å². The van der Waals surface area contributed by atoms with Gasteiger partial charge in [-0.2, -0.15) is 5.26 Å². The molecule has 3 heterocycles. The monoisotopic (exact) mass is 335 g/mol. The number of esters is 1. The van der Waals surface area contributed by atoms with Crippen molar-refractivity contribution in [3.05, 3.63) is 22.3 Å². The molecule has 4 rings (SSSR count). The summed E-state index contributed by atoms with van der Waals surface area (Å²) in [5.41, 5.74) is -0.0353. The average Bonchev–Trinajstić information content (AvgIpc) is 2.95. The van der Waals surface area contributed by atoms with Crippen LogP contribution in [0.25, 0.3) is 0 Å². The zero-order valence-electron chi connectivity index (χ0n) is 11.1. The molecule has 20 heavy (non-hydrogen) atoms. The Morgan fingerprint density at radius 3 is 3.10 bits per heavy atom. The molecule has 104 valence electrons. The van der Waals surface area contributed by atoms with E-state index in [0.29, 0.717) is 28.4 Å². The summed E-state index contributed by atoms with van der Waals surface area (Å²) in [7, 11) is 0. The van der Waals surface area contributed by atoms with Crippen molar-refractivity contribution in [1.29, 1.82) is 5.26 Å². The number of carbonyl (C=O) groups is 1. The topological polar surface area (TPSA) is 66.2 Å². The molecule has 1 aromatic heterocycles. The fraction of sp³-hybridized carbons (Fsp3) is 0.500. The van der Waals surface area contributed by atoms with E-state index in [2.05, 4.69) is 27.0 Å². The van der Waals surface area contributed by atoms with Gasteiger partial charge in [-0.05, 0) is 47.7 Å². The second-order valence-electron chi connectivity index (χ2n) is 5.27. The van der Waals surface area contributed by atoms with Gasteiger partial charge in [0, 0.05) is 12.7 Å². The Labute approximate surface area is 125 Å². The van der Waals surface area contributed by atoms with Crippen molar-refractivity contribution in [1.82, 2.24) is 4.98 Å². The van der Waals surface area contributed by atoms with Crippen LogP contribution in [0.3, 0.4) is 0 Å². The summed E-state index contributed by atoms with van der Waals surface area (Å²) in [5, 5.41) is 9.10. The Kier molecular flexibility index (Phi) is 3.17. The number of hydrogen-bond donors (Lipinski definition) is 0. The molecule has 0 unspecified atom stereocenters. The van der Waals surface area contributed by atoms with E-state index in [1.54, 1.807) is 12.3 Å². The molecule has 3 aliphatic rings. The summed E-state index contributed by atoms with van der Waals surface area (Å²) in [6, 6.07) is 3.85. The highest BCUT2D eigenvalue weighted by Gasteiger charge is 2.62. The number of pyridine rings is 1. The standard InChI is InChI=1S/C14H14BrN3O2/c1-2-20-13(19)14-4-9(5-14)8-18(14)12-3-10(6-16)11(15)7-17-12/h3,7,9H,2,4-5,8H2,1H3. The predicted molar refractivity (Wildman–Crippen MR) is 76.1 cm³/mol. The van der Waals surface area contributed by atoms with E-state index in [1.807, 2.05) is 11.8 Å². The Balaban J connectivity index is 1.94. The molecular formula is C14H14BrN3O2. The number of rotatable bonds is 3. The van der Waals surface area contributed by atoms with Crippen molar-refractivity contribution >= 4 is 27.7 Å². The Morgan fingerprint density at radius 1 is 1.70 bits per heavy atom. The van der Waals surface area contributed by atoms with Gasteiger partial charge in [-0.1, -0.05) is 0 Å². The highest BCUT2D eigenvalue weighted by Crippen LogP contribution is 2.52. The maximum Gasteiger partial charge on any atom is 0.332 e. The first-order chi connectivity index (χ1) is 9.60. The smallest absolute Gasteiger partial charge is 0.332 e. The Bertz CT molecular complexity index is 605. The zero-order chi connectivity index (χ0) is 14.3. The molecule has 2 aliphatic heterocycles. The number of fused-ring (bicyclic) bond motifs is 1. The normalized spacial score (nSPS) is 26.9. The second-order valence-corrected chi connectivity index (χ2v) is 6.13. The quantitative estimate of drug-likeness (QED) is 0.792. The maximum atomic E-state index is 12.2. The minimum atomic E-state index is -0.561. The van der Waals surface area contributed by atoms with Crippen LogP contribution in [0.2, 0.25) is 0 Å². The van der Waals surface area contributed by atoms with E-state index in [9.17, 15) is 4.79 Å².